The summed E-state index contributed by atoms with van der Waals surface area (Å²) in [6.07, 6.45) is 1.62. The maximum absolute atomic E-state index is 12.3. The highest BCUT2D eigenvalue weighted by molar-refractivity contribution is 7.13. The molecule has 0 spiro atoms. The summed E-state index contributed by atoms with van der Waals surface area (Å²) in [5, 5.41) is 7.67. The summed E-state index contributed by atoms with van der Waals surface area (Å²) >= 11 is 1.34. The van der Waals surface area contributed by atoms with Gasteiger partial charge in [0.15, 0.2) is 10.7 Å². The number of hydrogen-bond donors (Lipinski definition) is 2. The molecule has 0 bridgehead atoms. The fraction of sp³-hybridized carbons (Fsp3) is 0.267. The molecule has 0 unspecified atom stereocenters. The molecule has 0 aliphatic carbocycles. The van der Waals surface area contributed by atoms with Crippen LogP contribution in [-0.2, 0) is 9.59 Å². The Kier molecular flexibility index (Phi) is 4.77. The number of nitrogens with one attached hydrogen (secondary N) is 2. The third-order valence-corrected chi connectivity index (χ3v) is 3.42. The number of carbonyl (C=O) groups is 2. The quantitative estimate of drug-likeness (QED) is 0.888. The highest BCUT2D eigenvalue weighted by Crippen LogP contribution is 2.23. The molecule has 2 rings (SSSR count). The number of amides is 2. The first-order valence-electron chi connectivity index (χ1n) is 6.64. The molecule has 1 heterocycles. The number of ether oxygens (including phenoxy) is 1. The molecule has 22 heavy (non-hydrogen) atoms. The van der Waals surface area contributed by atoms with Gasteiger partial charge in [-0.3, -0.25) is 14.9 Å². The van der Waals surface area contributed by atoms with Crippen molar-refractivity contribution in [2.24, 2.45) is 0 Å². The Bertz CT molecular complexity index is 668. The van der Waals surface area contributed by atoms with Gasteiger partial charge in [0.05, 0.1) is 0 Å². The van der Waals surface area contributed by atoms with Gasteiger partial charge in [-0.1, -0.05) is 6.07 Å². The minimum Gasteiger partial charge on any atom is -0.478 e. The van der Waals surface area contributed by atoms with Crippen LogP contribution in [0.3, 0.4) is 0 Å². The Morgan fingerprint density at radius 1 is 1.27 bits per heavy atom. The Hall–Kier alpha value is -2.41. The number of rotatable bonds is 5. The molecule has 116 valence electrons. The largest absolute Gasteiger partial charge is 0.478 e. The number of hydrogen-bond acceptors (Lipinski definition) is 5. The lowest BCUT2D eigenvalue weighted by molar-refractivity contribution is -0.128. The van der Waals surface area contributed by atoms with Crippen LogP contribution in [-0.4, -0.2) is 22.4 Å². The zero-order valence-electron chi connectivity index (χ0n) is 12.5. The monoisotopic (exact) mass is 319 g/mol. The lowest BCUT2D eigenvalue weighted by Gasteiger charge is -2.25. The number of aromatic nitrogens is 1. The summed E-state index contributed by atoms with van der Waals surface area (Å²) in [6.45, 7) is 4.76. The van der Waals surface area contributed by atoms with Crippen LogP contribution in [0.15, 0.2) is 35.8 Å². The van der Waals surface area contributed by atoms with E-state index in [9.17, 15) is 9.59 Å². The van der Waals surface area contributed by atoms with Crippen molar-refractivity contribution >= 4 is 34.0 Å². The van der Waals surface area contributed by atoms with Crippen molar-refractivity contribution in [2.75, 3.05) is 10.6 Å². The molecular formula is C15H17N3O3S. The molecule has 2 amide bonds. The predicted octanol–water partition coefficient (Wildman–Crippen LogP) is 2.90. The van der Waals surface area contributed by atoms with E-state index in [0.29, 0.717) is 16.6 Å². The first-order chi connectivity index (χ1) is 10.4. The summed E-state index contributed by atoms with van der Waals surface area (Å²) in [5.41, 5.74) is -0.471. The van der Waals surface area contributed by atoms with Crippen molar-refractivity contribution in [2.45, 2.75) is 26.4 Å². The average molecular weight is 319 g/mol. The molecule has 0 aliphatic rings. The second-order valence-corrected chi connectivity index (χ2v) is 6.01. The number of benzene rings is 1. The minimum absolute atomic E-state index is 0.169. The highest BCUT2D eigenvalue weighted by atomic mass is 32.1. The van der Waals surface area contributed by atoms with Gasteiger partial charge in [-0.2, -0.15) is 0 Å². The van der Waals surface area contributed by atoms with Crippen LogP contribution in [0.2, 0.25) is 0 Å². The third-order valence-electron chi connectivity index (χ3n) is 2.73. The molecule has 0 saturated carbocycles. The summed E-state index contributed by atoms with van der Waals surface area (Å²) in [4.78, 5) is 27.3. The molecular weight excluding hydrogens is 302 g/mol. The van der Waals surface area contributed by atoms with Gasteiger partial charge in [0.25, 0.3) is 5.91 Å². The maximum atomic E-state index is 12.3. The van der Waals surface area contributed by atoms with Gasteiger partial charge in [-0.25, -0.2) is 4.98 Å². The molecule has 0 saturated heterocycles. The van der Waals surface area contributed by atoms with Crippen LogP contribution in [0.4, 0.5) is 10.8 Å². The van der Waals surface area contributed by atoms with E-state index < -0.39 is 5.60 Å². The smallest absolute Gasteiger partial charge is 0.269 e. The fourth-order valence-electron chi connectivity index (χ4n) is 1.71. The van der Waals surface area contributed by atoms with Gasteiger partial charge < -0.3 is 10.1 Å². The number of anilines is 2. The van der Waals surface area contributed by atoms with E-state index >= 15 is 0 Å². The lowest BCUT2D eigenvalue weighted by Crippen LogP contribution is -2.42. The molecule has 2 N–H and O–H groups in total. The number of thiazole rings is 1. The zero-order valence-corrected chi connectivity index (χ0v) is 13.4. The molecule has 6 nitrogen and oxygen atoms in total. The van der Waals surface area contributed by atoms with Gasteiger partial charge in [-0.05, 0) is 26.0 Å². The van der Waals surface area contributed by atoms with Gasteiger partial charge >= 0.3 is 0 Å². The lowest BCUT2D eigenvalue weighted by atomic mass is 10.1. The molecule has 0 radical (unpaired) electrons. The van der Waals surface area contributed by atoms with Crippen molar-refractivity contribution in [3.8, 4) is 5.75 Å². The molecule has 7 heteroatoms. The van der Waals surface area contributed by atoms with Crippen molar-refractivity contribution in [3.05, 3.63) is 35.8 Å². The van der Waals surface area contributed by atoms with Crippen molar-refractivity contribution in [3.63, 3.8) is 0 Å². The van der Waals surface area contributed by atoms with Crippen LogP contribution in [0.25, 0.3) is 0 Å². The molecule has 0 fully saturated rings. The van der Waals surface area contributed by atoms with Crippen LogP contribution in [0.1, 0.15) is 20.8 Å². The molecule has 1 aromatic heterocycles. The van der Waals surface area contributed by atoms with E-state index in [-0.39, 0.29) is 11.8 Å². The Balaban J connectivity index is 2.07. The van der Waals surface area contributed by atoms with E-state index in [1.54, 1.807) is 49.7 Å². The van der Waals surface area contributed by atoms with Crippen LogP contribution < -0.4 is 15.4 Å². The van der Waals surface area contributed by atoms with E-state index in [4.69, 9.17) is 4.74 Å². The standard InChI is InChI=1S/C15H17N3O3S/c1-10(19)17-11-5-4-6-12(9-11)21-15(2,3)13(20)18-14-16-7-8-22-14/h4-9H,1-3H3,(H,17,19)(H,16,18,20). The average Bonchev–Trinajstić information content (AvgIpc) is 2.90. The number of nitrogens with zero attached hydrogens (tertiary/aromatic N) is 1. The second-order valence-electron chi connectivity index (χ2n) is 5.11. The van der Waals surface area contributed by atoms with Gasteiger partial charge in [0, 0.05) is 30.3 Å². The molecule has 0 atom stereocenters. The van der Waals surface area contributed by atoms with Crippen LogP contribution in [0.5, 0.6) is 5.75 Å². The van der Waals surface area contributed by atoms with Crippen molar-refractivity contribution in [1.82, 2.24) is 4.98 Å². The SMILES string of the molecule is CC(=O)Nc1cccc(OC(C)(C)C(=O)Nc2nccs2)c1. The van der Waals surface area contributed by atoms with Crippen LogP contribution in [0, 0.1) is 0 Å². The predicted molar refractivity (Wildman–Crippen MR) is 86.2 cm³/mol. The molecule has 0 aliphatic heterocycles. The van der Waals surface area contributed by atoms with Crippen molar-refractivity contribution < 1.29 is 14.3 Å². The first kappa shape index (κ1) is 16.0. The number of carbonyl (C=O) groups excluding carboxylic acids is 2. The van der Waals surface area contributed by atoms with Gasteiger partial charge in [0.2, 0.25) is 5.91 Å². The summed E-state index contributed by atoms with van der Waals surface area (Å²) in [6, 6.07) is 6.88. The minimum atomic E-state index is -1.08. The van der Waals surface area contributed by atoms with Crippen molar-refractivity contribution in [1.29, 1.82) is 0 Å². The Morgan fingerprint density at radius 3 is 2.68 bits per heavy atom. The van der Waals surface area contributed by atoms with Gasteiger partial charge in [0.1, 0.15) is 5.75 Å². The van der Waals surface area contributed by atoms with E-state index in [2.05, 4.69) is 15.6 Å². The van der Waals surface area contributed by atoms with E-state index in [1.807, 2.05) is 0 Å². The topological polar surface area (TPSA) is 80.3 Å². The Labute approximate surface area is 132 Å². The molecule has 1 aromatic carbocycles. The van der Waals surface area contributed by atoms with Gasteiger partial charge in [-0.15, -0.1) is 11.3 Å². The normalized spacial score (nSPS) is 10.9. The van der Waals surface area contributed by atoms with E-state index in [0.717, 1.165) is 0 Å². The fourth-order valence-corrected chi connectivity index (χ4v) is 2.24. The summed E-state index contributed by atoms with van der Waals surface area (Å²) in [7, 11) is 0. The highest BCUT2D eigenvalue weighted by Gasteiger charge is 2.30. The van der Waals surface area contributed by atoms with E-state index in [1.165, 1.54) is 18.3 Å². The summed E-state index contributed by atoms with van der Waals surface area (Å²) < 4.78 is 5.75. The first-order valence-corrected chi connectivity index (χ1v) is 7.52. The second kappa shape index (κ2) is 6.57. The molecule has 2 aromatic rings. The third kappa shape index (κ3) is 4.29. The zero-order chi connectivity index (χ0) is 16.2. The summed E-state index contributed by atoms with van der Waals surface area (Å²) in [5.74, 6) is 0.0239. The maximum Gasteiger partial charge on any atom is 0.269 e. The Morgan fingerprint density at radius 2 is 2.05 bits per heavy atom. The van der Waals surface area contributed by atoms with Crippen LogP contribution >= 0.6 is 11.3 Å².